The summed E-state index contributed by atoms with van der Waals surface area (Å²) >= 11 is 0. The summed E-state index contributed by atoms with van der Waals surface area (Å²) in [6.45, 7) is 6.56. The maximum atomic E-state index is 11.9. The molecule has 2 rings (SSSR count). The first-order valence-corrected chi connectivity index (χ1v) is 8.60. The smallest absolute Gasteiger partial charge is 0.326 e. The van der Waals surface area contributed by atoms with Crippen molar-refractivity contribution in [1.29, 1.82) is 0 Å². The summed E-state index contributed by atoms with van der Waals surface area (Å²) in [4.78, 5) is 11.9. The molecule has 0 aromatic carbocycles. The Hall–Kier alpha value is -0.610. The lowest BCUT2D eigenvalue weighted by atomic mass is 9.85. The van der Waals surface area contributed by atoms with Gasteiger partial charge in [0.05, 0.1) is 12.7 Å². The van der Waals surface area contributed by atoms with Gasteiger partial charge in [-0.25, -0.2) is 0 Å². The Morgan fingerprint density at radius 2 is 2.05 bits per heavy atom. The SMILES string of the molecule is CCC1CCCC(OCC(NC(C)C)(C(=O)O)C2CC2)C1. The van der Waals surface area contributed by atoms with E-state index in [0.29, 0.717) is 6.61 Å². The van der Waals surface area contributed by atoms with Crippen LogP contribution in [0.15, 0.2) is 0 Å². The van der Waals surface area contributed by atoms with Crippen LogP contribution >= 0.6 is 0 Å². The first kappa shape index (κ1) is 16.8. The molecule has 3 atom stereocenters. The highest BCUT2D eigenvalue weighted by Crippen LogP contribution is 2.41. The maximum absolute atomic E-state index is 11.9. The molecule has 2 N–H and O–H groups in total. The fraction of sp³-hybridized carbons (Fsp3) is 0.941. The molecule has 2 aliphatic carbocycles. The first-order chi connectivity index (χ1) is 9.98. The fourth-order valence-corrected chi connectivity index (χ4v) is 3.68. The molecular formula is C17H31NO3. The molecule has 0 aromatic heterocycles. The van der Waals surface area contributed by atoms with Crippen molar-refractivity contribution in [3.63, 3.8) is 0 Å². The lowest BCUT2D eigenvalue weighted by molar-refractivity contribution is -0.151. The van der Waals surface area contributed by atoms with Gasteiger partial charge in [0.1, 0.15) is 5.54 Å². The van der Waals surface area contributed by atoms with Crippen molar-refractivity contribution in [2.75, 3.05) is 6.61 Å². The predicted molar refractivity (Wildman–Crippen MR) is 83.4 cm³/mol. The fourth-order valence-electron chi connectivity index (χ4n) is 3.68. The van der Waals surface area contributed by atoms with Crippen LogP contribution in [-0.4, -0.2) is 35.4 Å². The van der Waals surface area contributed by atoms with E-state index in [1.807, 2.05) is 13.8 Å². The summed E-state index contributed by atoms with van der Waals surface area (Å²) in [6, 6.07) is 0.153. The van der Waals surface area contributed by atoms with Crippen LogP contribution in [0.5, 0.6) is 0 Å². The maximum Gasteiger partial charge on any atom is 0.326 e. The predicted octanol–water partition coefficient (Wildman–Crippen LogP) is 3.20. The molecule has 0 aliphatic heterocycles. The molecule has 0 bridgehead atoms. The van der Waals surface area contributed by atoms with Crippen molar-refractivity contribution in [1.82, 2.24) is 5.32 Å². The van der Waals surface area contributed by atoms with Gasteiger partial charge >= 0.3 is 5.97 Å². The van der Waals surface area contributed by atoms with Gasteiger partial charge in [0, 0.05) is 6.04 Å². The molecule has 0 spiro atoms. The van der Waals surface area contributed by atoms with E-state index in [9.17, 15) is 9.90 Å². The molecule has 0 aromatic rings. The largest absolute Gasteiger partial charge is 0.480 e. The van der Waals surface area contributed by atoms with Crippen molar-refractivity contribution >= 4 is 5.97 Å². The van der Waals surface area contributed by atoms with Crippen LogP contribution < -0.4 is 5.32 Å². The average Bonchev–Trinajstić information content (AvgIpc) is 3.28. The van der Waals surface area contributed by atoms with E-state index in [0.717, 1.165) is 31.6 Å². The molecule has 2 fully saturated rings. The minimum atomic E-state index is -0.882. The standard InChI is InChI=1S/C17H31NO3/c1-4-13-6-5-7-15(10-13)21-11-17(16(19)20,14-8-9-14)18-12(2)3/h12-15,18H,4-11H2,1-3H3,(H,19,20). The number of aliphatic carboxylic acids is 1. The van der Waals surface area contributed by atoms with E-state index in [1.165, 1.54) is 19.3 Å². The van der Waals surface area contributed by atoms with E-state index < -0.39 is 11.5 Å². The van der Waals surface area contributed by atoms with Crippen molar-refractivity contribution in [3.05, 3.63) is 0 Å². The topological polar surface area (TPSA) is 58.6 Å². The Bertz CT molecular complexity index is 354. The molecule has 0 saturated heterocycles. The van der Waals surface area contributed by atoms with Crippen LogP contribution in [0.1, 0.15) is 65.7 Å². The monoisotopic (exact) mass is 297 g/mol. The number of carboxylic acids is 1. The summed E-state index contributed by atoms with van der Waals surface area (Å²) < 4.78 is 6.10. The molecule has 122 valence electrons. The van der Waals surface area contributed by atoms with Crippen molar-refractivity contribution in [2.24, 2.45) is 11.8 Å². The summed E-state index contributed by atoms with van der Waals surface area (Å²) in [5.41, 5.74) is -0.882. The third-order valence-electron chi connectivity index (χ3n) is 5.06. The first-order valence-electron chi connectivity index (χ1n) is 8.60. The second-order valence-corrected chi connectivity index (χ2v) is 7.22. The normalized spacial score (nSPS) is 29.3. The summed E-state index contributed by atoms with van der Waals surface area (Å²) in [7, 11) is 0. The van der Waals surface area contributed by atoms with Crippen molar-refractivity contribution in [2.45, 2.75) is 83.4 Å². The molecule has 4 heteroatoms. The number of nitrogens with one attached hydrogen (secondary N) is 1. The van der Waals surface area contributed by atoms with Gasteiger partial charge in [-0.15, -0.1) is 0 Å². The van der Waals surface area contributed by atoms with Gasteiger partial charge in [0.25, 0.3) is 0 Å². The zero-order valence-corrected chi connectivity index (χ0v) is 13.7. The molecule has 2 aliphatic rings. The van der Waals surface area contributed by atoms with Gasteiger partial charge in [-0.1, -0.05) is 26.2 Å². The Labute approximate surface area is 128 Å². The number of ether oxygens (including phenoxy) is 1. The third kappa shape index (κ3) is 4.19. The molecule has 2 saturated carbocycles. The van der Waals surface area contributed by atoms with Gasteiger partial charge in [-0.2, -0.15) is 0 Å². The Morgan fingerprint density at radius 1 is 1.33 bits per heavy atom. The molecule has 0 amide bonds. The molecule has 0 radical (unpaired) electrons. The molecule has 4 nitrogen and oxygen atoms in total. The molecule has 21 heavy (non-hydrogen) atoms. The highest BCUT2D eigenvalue weighted by molar-refractivity contribution is 5.80. The van der Waals surface area contributed by atoms with Crippen LogP contribution in [0.2, 0.25) is 0 Å². The van der Waals surface area contributed by atoms with E-state index in [-0.39, 0.29) is 18.1 Å². The van der Waals surface area contributed by atoms with Crippen LogP contribution in [-0.2, 0) is 9.53 Å². The highest BCUT2D eigenvalue weighted by atomic mass is 16.5. The van der Waals surface area contributed by atoms with E-state index in [1.54, 1.807) is 0 Å². The van der Waals surface area contributed by atoms with Gasteiger partial charge in [-0.3, -0.25) is 10.1 Å². The summed E-state index contributed by atoms with van der Waals surface area (Å²) in [5, 5.41) is 13.1. The Morgan fingerprint density at radius 3 is 2.57 bits per heavy atom. The minimum Gasteiger partial charge on any atom is -0.480 e. The zero-order valence-electron chi connectivity index (χ0n) is 13.7. The van der Waals surface area contributed by atoms with Crippen molar-refractivity contribution in [3.8, 4) is 0 Å². The van der Waals surface area contributed by atoms with Gasteiger partial charge in [0.2, 0.25) is 0 Å². The molecule has 0 heterocycles. The molecule has 3 unspecified atom stereocenters. The molecular weight excluding hydrogens is 266 g/mol. The number of carboxylic acid groups (broad SMARTS) is 1. The number of rotatable bonds is 8. The van der Waals surface area contributed by atoms with Crippen molar-refractivity contribution < 1.29 is 14.6 Å². The zero-order chi connectivity index (χ0) is 15.5. The van der Waals surface area contributed by atoms with Gasteiger partial charge in [-0.05, 0) is 51.4 Å². The Kier molecular flexibility index (Phi) is 5.67. The van der Waals surface area contributed by atoms with Crippen LogP contribution in [0, 0.1) is 11.8 Å². The second kappa shape index (κ2) is 7.10. The lowest BCUT2D eigenvalue weighted by Gasteiger charge is -2.36. The van der Waals surface area contributed by atoms with E-state index >= 15 is 0 Å². The van der Waals surface area contributed by atoms with Crippen LogP contribution in [0.25, 0.3) is 0 Å². The average molecular weight is 297 g/mol. The summed E-state index contributed by atoms with van der Waals surface area (Å²) in [6.07, 6.45) is 8.14. The quantitative estimate of drug-likeness (QED) is 0.722. The van der Waals surface area contributed by atoms with Gasteiger partial charge < -0.3 is 9.84 Å². The third-order valence-corrected chi connectivity index (χ3v) is 5.06. The van der Waals surface area contributed by atoms with Crippen LogP contribution in [0.4, 0.5) is 0 Å². The lowest BCUT2D eigenvalue weighted by Crippen LogP contribution is -2.60. The summed E-state index contributed by atoms with van der Waals surface area (Å²) in [5.74, 6) is 0.228. The number of hydrogen-bond donors (Lipinski definition) is 2. The van der Waals surface area contributed by atoms with Gasteiger partial charge in [0.15, 0.2) is 0 Å². The number of carbonyl (C=O) groups is 1. The second-order valence-electron chi connectivity index (χ2n) is 7.22. The van der Waals surface area contributed by atoms with Crippen LogP contribution in [0.3, 0.4) is 0 Å². The Balaban J connectivity index is 1.96. The van der Waals surface area contributed by atoms with E-state index in [4.69, 9.17) is 4.74 Å². The number of hydrogen-bond acceptors (Lipinski definition) is 3. The minimum absolute atomic E-state index is 0.153. The van der Waals surface area contributed by atoms with E-state index in [2.05, 4.69) is 12.2 Å². The highest BCUT2D eigenvalue weighted by Gasteiger charge is 2.52.